The number of rotatable bonds is 5. The van der Waals surface area contributed by atoms with Crippen LogP contribution in [-0.2, 0) is 0 Å². The lowest BCUT2D eigenvalue weighted by molar-refractivity contribution is 0.0772. The molecule has 0 saturated carbocycles. The zero-order valence-electron chi connectivity index (χ0n) is 13.0. The second-order valence-electron chi connectivity index (χ2n) is 5.29. The molecular weight excluding hydrogens is 266 g/mol. The summed E-state index contributed by atoms with van der Waals surface area (Å²) in [4.78, 5) is 13.8. The minimum Gasteiger partial charge on any atom is -0.492 e. The molecule has 0 aliphatic carbocycles. The summed E-state index contributed by atoms with van der Waals surface area (Å²) in [5.41, 5.74) is 2.94. The molecule has 0 N–H and O–H groups in total. The first-order valence-corrected chi connectivity index (χ1v) is 6.98. The predicted octanol–water partition coefficient (Wildman–Crippen LogP) is 3.36. The Morgan fingerprint density at radius 1 is 1.19 bits per heavy atom. The van der Waals surface area contributed by atoms with Gasteiger partial charge in [-0.15, -0.1) is 0 Å². The molecule has 1 aromatic carbocycles. The third kappa shape index (κ3) is 3.88. The van der Waals surface area contributed by atoms with Crippen LogP contribution in [0, 0.1) is 20.8 Å². The number of hydrogen-bond donors (Lipinski definition) is 0. The number of benzene rings is 1. The molecule has 0 fully saturated rings. The highest BCUT2D eigenvalue weighted by molar-refractivity contribution is 5.94. The van der Waals surface area contributed by atoms with Gasteiger partial charge in [-0.3, -0.25) is 4.79 Å². The lowest BCUT2D eigenvalue weighted by Gasteiger charge is -2.17. The number of ether oxygens (including phenoxy) is 1. The maximum atomic E-state index is 12.2. The molecule has 4 nitrogen and oxygen atoms in total. The minimum absolute atomic E-state index is 0.0507. The summed E-state index contributed by atoms with van der Waals surface area (Å²) in [7, 11) is 1.76. The number of hydrogen-bond acceptors (Lipinski definition) is 3. The van der Waals surface area contributed by atoms with Crippen LogP contribution in [0.2, 0.25) is 0 Å². The van der Waals surface area contributed by atoms with Gasteiger partial charge in [0.25, 0.3) is 5.91 Å². The molecule has 0 bridgehead atoms. The first-order chi connectivity index (χ1) is 9.97. The fraction of sp³-hybridized carbons (Fsp3) is 0.353. The summed E-state index contributed by atoms with van der Waals surface area (Å²) in [6, 6.07) is 7.78. The van der Waals surface area contributed by atoms with Gasteiger partial charge < -0.3 is 14.1 Å². The van der Waals surface area contributed by atoms with E-state index >= 15 is 0 Å². The molecule has 0 atom stereocenters. The predicted molar refractivity (Wildman–Crippen MR) is 81.8 cm³/mol. The molecule has 21 heavy (non-hydrogen) atoms. The van der Waals surface area contributed by atoms with Crippen LogP contribution in [-0.4, -0.2) is 31.0 Å². The summed E-state index contributed by atoms with van der Waals surface area (Å²) in [6.45, 7) is 6.85. The van der Waals surface area contributed by atoms with Crippen molar-refractivity contribution in [3.8, 4) is 5.75 Å². The summed E-state index contributed by atoms with van der Waals surface area (Å²) in [6.07, 6.45) is 1.53. The third-order valence-electron chi connectivity index (χ3n) is 3.33. The summed E-state index contributed by atoms with van der Waals surface area (Å²) < 4.78 is 10.9. The van der Waals surface area contributed by atoms with Crippen molar-refractivity contribution in [2.75, 3.05) is 20.2 Å². The number of aryl methyl sites for hydroxylation is 3. The van der Waals surface area contributed by atoms with E-state index in [1.807, 2.05) is 26.0 Å². The van der Waals surface area contributed by atoms with Gasteiger partial charge in [-0.1, -0.05) is 6.07 Å². The Balaban J connectivity index is 1.88. The molecule has 4 heteroatoms. The summed E-state index contributed by atoms with van der Waals surface area (Å²) in [5.74, 6) is 1.43. The fourth-order valence-electron chi connectivity index (χ4n) is 2.23. The van der Waals surface area contributed by atoms with E-state index in [9.17, 15) is 4.79 Å². The largest absolute Gasteiger partial charge is 0.492 e. The lowest BCUT2D eigenvalue weighted by atomic mass is 10.1. The standard InChI is InChI=1S/C17H21NO3/c1-12-9-13(2)11-15(10-12)21-8-6-18(4)17(19)16-5-7-20-14(16)3/h5,7,9-11H,6,8H2,1-4H3. The number of likely N-dealkylation sites (N-methyl/N-ethyl adjacent to an activating group) is 1. The molecule has 0 spiro atoms. The van der Waals surface area contributed by atoms with Gasteiger partial charge in [0.05, 0.1) is 18.4 Å². The molecular formula is C17H21NO3. The zero-order chi connectivity index (χ0) is 15.4. The first-order valence-electron chi connectivity index (χ1n) is 6.98. The average molecular weight is 287 g/mol. The quantitative estimate of drug-likeness (QED) is 0.847. The van der Waals surface area contributed by atoms with Gasteiger partial charge >= 0.3 is 0 Å². The van der Waals surface area contributed by atoms with Crippen LogP contribution in [0.3, 0.4) is 0 Å². The molecule has 1 amide bonds. The smallest absolute Gasteiger partial charge is 0.257 e. The molecule has 0 aliphatic heterocycles. The van der Waals surface area contributed by atoms with E-state index in [1.165, 1.54) is 17.4 Å². The van der Waals surface area contributed by atoms with Gasteiger partial charge in [0, 0.05) is 7.05 Å². The van der Waals surface area contributed by atoms with Gasteiger partial charge in [-0.05, 0) is 50.1 Å². The lowest BCUT2D eigenvalue weighted by Crippen LogP contribution is -2.31. The van der Waals surface area contributed by atoms with Gasteiger partial charge in [0.2, 0.25) is 0 Å². The van der Waals surface area contributed by atoms with Crippen molar-refractivity contribution >= 4 is 5.91 Å². The molecule has 0 aliphatic rings. The molecule has 0 radical (unpaired) electrons. The van der Waals surface area contributed by atoms with Crippen molar-refractivity contribution in [3.05, 3.63) is 53.0 Å². The molecule has 112 valence electrons. The van der Waals surface area contributed by atoms with E-state index in [2.05, 4.69) is 6.07 Å². The topological polar surface area (TPSA) is 42.7 Å². The van der Waals surface area contributed by atoms with E-state index < -0.39 is 0 Å². The molecule has 1 heterocycles. The first kappa shape index (κ1) is 15.2. The fourth-order valence-corrected chi connectivity index (χ4v) is 2.23. The number of nitrogens with zero attached hydrogens (tertiary/aromatic N) is 1. The van der Waals surface area contributed by atoms with E-state index in [0.717, 1.165) is 5.75 Å². The normalized spacial score (nSPS) is 10.5. The van der Waals surface area contributed by atoms with E-state index in [0.29, 0.717) is 24.5 Å². The van der Waals surface area contributed by atoms with Crippen molar-refractivity contribution in [2.24, 2.45) is 0 Å². The Labute approximate surface area is 125 Å². The van der Waals surface area contributed by atoms with Crippen molar-refractivity contribution in [3.63, 3.8) is 0 Å². The Morgan fingerprint density at radius 3 is 2.43 bits per heavy atom. The SMILES string of the molecule is Cc1cc(C)cc(OCCN(C)C(=O)c2ccoc2C)c1. The second kappa shape index (κ2) is 6.48. The van der Waals surface area contributed by atoms with Gasteiger partial charge in [-0.2, -0.15) is 0 Å². The molecule has 2 rings (SSSR count). The monoisotopic (exact) mass is 287 g/mol. The average Bonchev–Trinajstić information content (AvgIpc) is 2.83. The van der Waals surface area contributed by atoms with Crippen LogP contribution in [0.4, 0.5) is 0 Å². The van der Waals surface area contributed by atoms with Crippen molar-refractivity contribution < 1.29 is 13.9 Å². The van der Waals surface area contributed by atoms with E-state index in [1.54, 1.807) is 24.9 Å². The van der Waals surface area contributed by atoms with Crippen molar-refractivity contribution in [1.29, 1.82) is 0 Å². The third-order valence-corrected chi connectivity index (χ3v) is 3.33. The molecule has 2 aromatic rings. The van der Waals surface area contributed by atoms with Crippen LogP contribution < -0.4 is 4.74 Å². The molecule has 1 aromatic heterocycles. The summed E-state index contributed by atoms with van der Waals surface area (Å²) in [5, 5.41) is 0. The molecule has 0 saturated heterocycles. The highest BCUT2D eigenvalue weighted by atomic mass is 16.5. The summed E-state index contributed by atoms with van der Waals surface area (Å²) >= 11 is 0. The molecule has 0 unspecified atom stereocenters. The number of carbonyl (C=O) groups excluding carboxylic acids is 1. The van der Waals surface area contributed by atoms with Crippen LogP contribution in [0.15, 0.2) is 34.9 Å². The van der Waals surface area contributed by atoms with Gasteiger partial charge in [-0.25, -0.2) is 0 Å². The maximum Gasteiger partial charge on any atom is 0.257 e. The Hall–Kier alpha value is -2.23. The van der Waals surface area contributed by atoms with Gasteiger partial charge in [0.1, 0.15) is 18.1 Å². The highest BCUT2D eigenvalue weighted by Crippen LogP contribution is 2.16. The van der Waals surface area contributed by atoms with Crippen molar-refractivity contribution in [1.82, 2.24) is 4.90 Å². The Bertz CT molecular complexity index is 610. The zero-order valence-corrected chi connectivity index (χ0v) is 13.0. The number of furan rings is 1. The Kier molecular flexibility index (Phi) is 4.68. The van der Waals surface area contributed by atoms with E-state index in [4.69, 9.17) is 9.15 Å². The maximum absolute atomic E-state index is 12.2. The second-order valence-corrected chi connectivity index (χ2v) is 5.29. The Morgan fingerprint density at radius 2 is 1.86 bits per heavy atom. The van der Waals surface area contributed by atoms with E-state index in [-0.39, 0.29) is 5.91 Å². The highest BCUT2D eigenvalue weighted by Gasteiger charge is 2.15. The minimum atomic E-state index is -0.0507. The van der Waals surface area contributed by atoms with Gasteiger partial charge in [0.15, 0.2) is 0 Å². The van der Waals surface area contributed by atoms with Crippen LogP contribution in [0.1, 0.15) is 27.2 Å². The number of amides is 1. The van der Waals surface area contributed by atoms with Crippen molar-refractivity contribution in [2.45, 2.75) is 20.8 Å². The van der Waals surface area contributed by atoms with Crippen LogP contribution in [0.25, 0.3) is 0 Å². The van der Waals surface area contributed by atoms with Crippen LogP contribution in [0.5, 0.6) is 5.75 Å². The van der Waals surface area contributed by atoms with Crippen LogP contribution >= 0.6 is 0 Å². The number of carbonyl (C=O) groups is 1.